The lowest BCUT2D eigenvalue weighted by atomic mass is 10.0. The second-order valence-electron chi connectivity index (χ2n) is 7.26. The third-order valence-electron chi connectivity index (χ3n) is 5.06. The Morgan fingerprint density at radius 1 is 1.04 bits per heavy atom. The molecule has 1 heterocycles. The molecule has 2 aromatic carbocycles. The molecule has 3 rings (SSSR count). The van der Waals surface area contributed by atoms with Gasteiger partial charge in [-0.15, -0.1) is 0 Å². The minimum atomic E-state index is -0.223. The van der Waals surface area contributed by atoms with Crippen molar-refractivity contribution in [1.82, 2.24) is 4.90 Å². The summed E-state index contributed by atoms with van der Waals surface area (Å²) in [6.45, 7) is 7.96. The molecule has 1 N–H and O–H groups in total. The lowest BCUT2D eigenvalue weighted by Crippen LogP contribution is -2.49. The Labute approximate surface area is 161 Å². The van der Waals surface area contributed by atoms with Crippen molar-refractivity contribution in [3.8, 4) is 0 Å². The third kappa shape index (κ3) is 5.00. The number of para-hydroxylation sites is 1. The minimum Gasteiger partial charge on any atom is -0.384 e. The van der Waals surface area contributed by atoms with Crippen LogP contribution in [0.15, 0.2) is 48.5 Å². The summed E-state index contributed by atoms with van der Waals surface area (Å²) in [4.78, 5) is 16.6. The van der Waals surface area contributed by atoms with E-state index in [1.54, 1.807) is 12.1 Å². The Morgan fingerprint density at radius 3 is 2.37 bits per heavy atom. The molecule has 5 heteroatoms. The van der Waals surface area contributed by atoms with Crippen LogP contribution in [0.5, 0.6) is 0 Å². The molecule has 1 aliphatic rings. The number of nitrogens with one attached hydrogen (secondary N) is 1. The summed E-state index contributed by atoms with van der Waals surface area (Å²) in [5.74, 6) is 0.409. The number of hydrogen-bond donors (Lipinski definition) is 1. The van der Waals surface area contributed by atoms with Crippen molar-refractivity contribution in [3.05, 3.63) is 59.9 Å². The molecule has 0 bridgehead atoms. The molecule has 1 aliphatic heterocycles. The number of amides is 1. The number of hydrogen-bond acceptors (Lipinski definition) is 3. The van der Waals surface area contributed by atoms with Crippen LogP contribution >= 0.6 is 0 Å². The van der Waals surface area contributed by atoms with E-state index in [9.17, 15) is 9.18 Å². The zero-order chi connectivity index (χ0) is 19.2. The summed E-state index contributed by atoms with van der Waals surface area (Å²) in [6, 6.07) is 14.8. The summed E-state index contributed by atoms with van der Waals surface area (Å²) < 4.78 is 13.1. The highest BCUT2D eigenvalue weighted by Crippen LogP contribution is 2.23. The third-order valence-corrected chi connectivity index (χ3v) is 5.06. The normalized spacial score (nSPS) is 14.5. The molecule has 1 amide bonds. The first-order valence-corrected chi connectivity index (χ1v) is 9.65. The average Bonchev–Trinajstić information content (AvgIpc) is 2.69. The van der Waals surface area contributed by atoms with Gasteiger partial charge in [-0.25, -0.2) is 4.39 Å². The molecule has 0 aliphatic carbocycles. The number of carbonyl (C=O) groups is 1. The quantitative estimate of drug-likeness (QED) is 0.833. The highest BCUT2D eigenvalue weighted by molar-refractivity contribution is 5.77. The van der Waals surface area contributed by atoms with Gasteiger partial charge in [0.05, 0.1) is 0 Å². The first-order chi connectivity index (χ1) is 13.0. The van der Waals surface area contributed by atoms with Gasteiger partial charge in [0.15, 0.2) is 0 Å². The lowest BCUT2D eigenvalue weighted by Gasteiger charge is -2.36. The van der Waals surface area contributed by atoms with Crippen LogP contribution in [0.3, 0.4) is 0 Å². The minimum absolute atomic E-state index is 0.184. The Bertz CT molecular complexity index is 752. The molecular weight excluding hydrogens is 341 g/mol. The van der Waals surface area contributed by atoms with Gasteiger partial charge in [-0.2, -0.15) is 0 Å². The predicted molar refractivity (Wildman–Crippen MR) is 109 cm³/mol. The lowest BCUT2D eigenvalue weighted by molar-refractivity contribution is -0.131. The summed E-state index contributed by atoms with van der Waals surface area (Å²) in [6.07, 6.45) is 0.489. The van der Waals surface area contributed by atoms with E-state index in [0.717, 1.165) is 24.5 Å². The van der Waals surface area contributed by atoms with Crippen LogP contribution in [0.4, 0.5) is 15.8 Å². The fourth-order valence-corrected chi connectivity index (χ4v) is 3.49. The molecule has 27 heavy (non-hydrogen) atoms. The second-order valence-corrected chi connectivity index (χ2v) is 7.26. The van der Waals surface area contributed by atoms with Gasteiger partial charge in [-0.1, -0.05) is 32.0 Å². The molecule has 4 nitrogen and oxygen atoms in total. The summed E-state index contributed by atoms with van der Waals surface area (Å²) in [7, 11) is 0. The summed E-state index contributed by atoms with van der Waals surface area (Å²) in [5, 5.41) is 3.41. The van der Waals surface area contributed by atoms with Crippen LogP contribution in [0.1, 0.15) is 31.7 Å². The molecule has 1 fully saturated rings. The standard InChI is InChI=1S/C22H28FN3O/c1-17(2)20-5-3-4-6-21(20)24-12-11-22(27)26-15-13-25(14-16-26)19-9-7-18(23)8-10-19/h3-10,17,24H,11-16H2,1-2H3. The van der Waals surface area contributed by atoms with Crippen molar-refractivity contribution in [1.29, 1.82) is 0 Å². The van der Waals surface area contributed by atoms with Gasteiger partial charge < -0.3 is 15.1 Å². The van der Waals surface area contributed by atoms with E-state index in [4.69, 9.17) is 0 Å². The summed E-state index contributed by atoms with van der Waals surface area (Å²) in [5.41, 5.74) is 3.40. The van der Waals surface area contributed by atoms with Crippen molar-refractivity contribution in [2.24, 2.45) is 0 Å². The van der Waals surface area contributed by atoms with Gasteiger partial charge in [0, 0.05) is 50.5 Å². The van der Waals surface area contributed by atoms with Crippen LogP contribution in [-0.2, 0) is 4.79 Å². The molecule has 0 atom stereocenters. The van der Waals surface area contributed by atoms with Crippen molar-refractivity contribution >= 4 is 17.3 Å². The summed E-state index contributed by atoms with van der Waals surface area (Å²) >= 11 is 0. The molecule has 0 spiro atoms. The van der Waals surface area contributed by atoms with Crippen LogP contribution in [0.25, 0.3) is 0 Å². The fourth-order valence-electron chi connectivity index (χ4n) is 3.49. The number of piperazine rings is 1. The van der Waals surface area contributed by atoms with E-state index in [0.29, 0.717) is 32.0 Å². The molecule has 1 saturated heterocycles. The largest absolute Gasteiger partial charge is 0.384 e. The molecule has 0 aromatic heterocycles. The number of rotatable bonds is 6. The van der Waals surface area contributed by atoms with Gasteiger partial charge in [-0.05, 0) is 41.8 Å². The molecule has 0 saturated carbocycles. The van der Waals surface area contributed by atoms with Crippen LogP contribution in [-0.4, -0.2) is 43.5 Å². The number of anilines is 2. The number of halogens is 1. The van der Waals surface area contributed by atoms with E-state index >= 15 is 0 Å². The van der Waals surface area contributed by atoms with Crippen molar-refractivity contribution in [3.63, 3.8) is 0 Å². The van der Waals surface area contributed by atoms with Gasteiger partial charge in [0.1, 0.15) is 5.82 Å². The maximum absolute atomic E-state index is 13.1. The SMILES string of the molecule is CC(C)c1ccccc1NCCC(=O)N1CCN(c2ccc(F)cc2)CC1. The van der Waals surface area contributed by atoms with Crippen LogP contribution in [0, 0.1) is 5.82 Å². The molecular formula is C22H28FN3O. The highest BCUT2D eigenvalue weighted by Gasteiger charge is 2.21. The number of nitrogens with zero attached hydrogens (tertiary/aromatic N) is 2. The first kappa shape index (κ1) is 19.2. The topological polar surface area (TPSA) is 35.6 Å². The van der Waals surface area contributed by atoms with Gasteiger partial charge in [0.2, 0.25) is 5.91 Å². The van der Waals surface area contributed by atoms with Gasteiger partial charge >= 0.3 is 0 Å². The van der Waals surface area contributed by atoms with E-state index in [2.05, 4.69) is 36.2 Å². The Balaban J connectivity index is 1.45. The van der Waals surface area contributed by atoms with E-state index < -0.39 is 0 Å². The Hall–Kier alpha value is -2.56. The zero-order valence-corrected chi connectivity index (χ0v) is 16.1. The van der Waals surface area contributed by atoms with Crippen molar-refractivity contribution in [2.75, 3.05) is 42.9 Å². The molecule has 0 unspecified atom stereocenters. The van der Waals surface area contributed by atoms with Crippen LogP contribution < -0.4 is 10.2 Å². The predicted octanol–water partition coefficient (Wildman–Crippen LogP) is 4.10. The van der Waals surface area contributed by atoms with Crippen LogP contribution in [0.2, 0.25) is 0 Å². The zero-order valence-electron chi connectivity index (χ0n) is 16.1. The van der Waals surface area contributed by atoms with E-state index in [-0.39, 0.29) is 11.7 Å². The van der Waals surface area contributed by atoms with Gasteiger partial charge in [-0.3, -0.25) is 4.79 Å². The highest BCUT2D eigenvalue weighted by atomic mass is 19.1. The maximum Gasteiger partial charge on any atom is 0.224 e. The smallest absolute Gasteiger partial charge is 0.224 e. The fraction of sp³-hybridized carbons (Fsp3) is 0.409. The maximum atomic E-state index is 13.1. The molecule has 0 radical (unpaired) electrons. The van der Waals surface area contributed by atoms with Gasteiger partial charge in [0.25, 0.3) is 0 Å². The first-order valence-electron chi connectivity index (χ1n) is 9.65. The number of carbonyl (C=O) groups excluding carboxylic acids is 1. The molecule has 144 valence electrons. The molecule has 2 aromatic rings. The number of benzene rings is 2. The Morgan fingerprint density at radius 2 is 1.70 bits per heavy atom. The van der Waals surface area contributed by atoms with Crippen molar-refractivity contribution < 1.29 is 9.18 Å². The van der Waals surface area contributed by atoms with E-state index in [1.807, 2.05) is 17.0 Å². The van der Waals surface area contributed by atoms with Crippen molar-refractivity contribution in [2.45, 2.75) is 26.2 Å². The average molecular weight is 369 g/mol. The van der Waals surface area contributed by atoms with E-state index in [1.165, 1.54) is 17.7 Å². The monoisotopic (exact) mass is 369 g/mol. The second kappa shape index (κ2) is 8.89. The Kier molecular flexibility index (Phi) is 6.32.